The van der Waals surface area contributed by atoms with Crippen LogP contribution in [-0.2, 0) is 16.2 Å². The van der Waals surface area contributed by atoms with Gasteiger partial charge < -0.3 is 18.8 Å². The summed E-state index contributed by atoms with van der Waals surface area (Å²) in [6.45, 7) is 22.7. The molecule has 0 fully saturated rings. The highest BCUT2D eigenvalue weighted by Gasteiger charge is 2.54. The molecule has 0 saturated carbocycles. The van der Waals surface area contributed by atoms with Gasteiger partial charge in [-0.15, -0.1) is 11.3 Å². The van der Waals surface area contributed by atoms with Crippen LogP contribution < -0.4 is 9.80 Å². The first kappa shape index (κ1) is 50.6. The molecule has 4 heterocycles. The fourth-order valence-electron chi connectivity index (χ4n) is 14.9. The van der Waals surface area contributed by atoms with Gasteiger partial charge in [0.2, 0.25) is 0 Å². The first-order valence-electron chi connectivity index (χ1n) is 29.6. The van der Waals surface area contributed by atoms with E-state index in [-0.39, 0.29) is 10.8 Å². The van der Waals surface area contributed by atoms with Crippen molar-refractivity contribution >= 4 is 109 Å². The van der Waals surface area contributed by atoms with Gasteiger partial charge in [-0.25, -0.2) is 0 Å². The normalized spacial score (nSPS) is 14.6. The predicted molar refractivity (Wildman–Crippen MR) is 358 cm³/mol. The Morgan fingerprint density at radius 3 is 1.57 bits per heavy atom. The Bertz CT molecular complexity index is 5050. The molecule has 0 saturated heterocycles. The SMILES string of the molecule is Cc1cc(C)cc(N(c2ccc(C(C)(C)C)cc2)c2cc3c(c4c2oc2ccccc24)-c2c(cc(N(c4ccc(C(C)(C)C)cc4)c4cc(C)cc(C)c4)c4c2sc2ccccc24)C32c3ccccc3-n3c4ccccc4c4cccc2c43)c1. The standard InChI is InChI=1S/C79H65N3OS/c1-46-38-47(2)41-54(40-46)80(52-34-30-50(31-35-52)77(5,6)7)66-44-63-73(76-70(66)59-22-13-18-29-69(59)84-76)72-62(79(63)60-24-14-16-27-65(60)82-64-26-15-11-20-56(64)57-23-19-25-61(79)74(57)82)45-67(75-71(72)58-21-12-17-28-68(58)83-75)81(55-42-48(3)39-49(4)43-55)53-36-32-51(33-37-53)78(8,9)10/h11-45H,1-10H3. The average molecular weight is 1100 g/mol. The van der Waals surface area contributed by atoms with Crippen LogP contribution in [0.15, 0.2) is 217 Å². The van der Waals surface area contributed by atoms with Crippen molar-refractivity contribution in [2.24, 2.45) is 0 Å². The Hall–Kier alpha value is -9.16. The molecule has 1 unspecified atom stereocenters. The van der Waals surface area contributed by atoms with Crippen molar-refractivity contribution in [3.8, 4) is 16.8 Å². The second-order valence-corrected chi connectivity index (χ2v) is 27.1. The number of nitrogens with zero attached hydrogens (tertiary/aromatic N) is 3. The van der Waals surface area contributed by atoms with Gasteiger partial charge in [0.05, 0.1) is 33.5 Å². The summed E-state index contributed by atoms with van der Waals surface area (Å²) < 4.78 is 12.6. The van der Waals surface area contributed by atoms with Gasteiger partial charge in [0, 0.05) is 75.6 Å². The molecule has 1 aliphatic carbocycles. The lowest BCUT2D eigenvalue weighted by Crippen LogP contribution is -2.34. The molecule has 2 aliphatic rings. The van der Waals surface area contributed by atoms with Crippen LogP contribution in [-0.4, -0.2) is 4.57 Å². The maximum atomic E-state index is 7.54. The zero-order chi connectivity index (χ0) is 57.3. The van der Waals surface area contributed by atoms with Crippen molar-refractivity contribution < 1.29 is 4.42 Å². The van der Waals surface area contributed by atoms with Gasteiger partial charge in [-0.2, -0.15) is 0 Å². The third-order valence-electron chi connectivity index (χ3n) is 18.4. The van der Waals surface area contributed by atoms with Crippen molar-refractivity contribution in [1.82, 2.24) is 4.57 Å². The molecule has 84 heavy (non-hydrogen) atoms. The molecule has 1 atom stereocenters. The van der Waals surface area contributed by atoms with Gasteiger partial charge in [-0.05, 0) is 179 Å². The zero-order valence-electron chi connectivity index (χ0n) is 49.4. The van der Waals surface area contributed by atoms with Crippen molar-refractivity contribution in [2.75, 3.05) is 9.80 Å². The summed E-state index contributed by atoms with van der Waals surface area (Å²) >= 11 is 1.93. The van der Waals surface area contributed by atoms with Gasteiger partial charge in [0.15, 0.2) is 5.58 Å². The number of rotatable bonds is 6. The van der Waals surface area contributed by atoms with Crippen LogP contribution in [0, 0.1) is 27.7 Å². The number of aryl methyl sites for hydroxylation is 4. The Kier molecular flexibility index (Phi) is 10.8. The van der Waals surface area contributed by atoms with Crippen molar-refractivity contribution in [3.63, 3.8) is 0 Å². The van der Waals surface area contributed by atoms with E-state index < -0.39 is 5.41 Å². The summed E-state index contributed by atoms with van der Waals surface area (Å²) in [5, 5.41) is 7.21. The van der Waals surface area contributed by atoms with E-state index in [1.54, 1.807) is 0 Å². The van der Waals surface area contributed by atoms with Crippen molar-refractivity contribution in [2.45, 2.75) is 85.5 Å². The van der Waals surface area contributed by atoms with Crippen LogP contribution in [0.25, 0.3) is 80.7 Å². The second-order valence-electron chi connectivity index (χ2n) is 26.0. The first-order chi connectivity index (χ1) is 40.6. The van der Waals surface area contributed by atoms with Gasteiger partial charge in [-0.3, -0.25) is 0 Å². The van der Waals surface area contributed by atoms with Crippen LogP contribution in [0.3, 0.4) is 0 Å². The van der Waals surface area contributed by atoms with E-state index in [0.29, 0.717) is 0 Å². The minimum atomic E-state index is -0.861. The smallest absolute Gasteiger partial charge is 0.160 e. The summed E-state index contributed by atoms with van der Waals surface area (Å²) in [6, 6.07) is 81.2. The molecule has 0 bridgehead atoms. The molecule has 16 rings (SSSR count). The molecule has 4 nitrogen and oxygen atoms in total. The maximum Gasteiger partial charge on any atom is 0.160 e. The van der Waals surface area contributed by atoms with Gasteiger partial charge in [0.25, 0.3) is 0 Å². The van der Waals surface area contributed by atoms with E-state index in [9.17, 15) is 0 Å². The summed E-state index contributed by atoms with van der Waals surface area (Å²) in [4.78, 5) is 5.07. The van der Waals surface area contributed by atoms with E-state index >= 15 is 0 Å². The van der Waals surface area contributed by atoms with Crippen LogP contribution in [0.5, 0.6) is 0 Å². The molecule has 0 N–H and O–H groups in total. The highest BCUT2D eigenvalue weighted by atomic mass is 32.1. The summed E-state index contributed by atoms with van der Waals surface area (Å²) in [5.41, 5.74) is 26.0. The lowest BCUT2D eigenvalue weighted by atomic mass is 9.65. The number of benzene rings is 11. The molecular weight excluding hydrogens is 1040 g/mol. The molecule has 11 aromatic carbocycles. The van der Waals surface area contributed by atoms with E-state index in [1.165, 1.54) is 114 Å². The van der Waals surface area contributed by atoms with Crippen molar-refractivity contribution in [3.05, 3.63) is 268 Å². The number of fused-ring (bicyclic) bond motifs is 20. The van der Waals surface area contributed by atoms with E-state index in [4.69, 9.17) is 4.42 Å². The van der Waals surface area contributed by atoms with E-state index in [0.717, 1.165) is 56.1 Å². The largest absolute Gasteiger partial charge is 0.454 e. The van der Waals surface area contributed by atoms with Crippen LogP contribution in [0.2, 0.25) is 0 Å². The summed E-state index contributed by atoms with van der Waals surface area (Å²) in [7, 11) is 0. The minimum absolute atomic E-state index is 0.0191. The third kappa shape index (κ3) is 7.18. The quantitative estimate of drug-likeness (QED) is 0.166. The number of hydrogen-bond acceptors (Lipinski definition) is 4. The lowest BCUT2D eigenvalue weighted by Gasteiger charge is -2.40. The van der Waals surface area contributed by atoms with Gasteiger partial charge in [0.1, 0.15) is 5.58 Å². The zero-order valence-corrected chi connectivity index (χ0v) is 50.2. The fourth-order valence-corrected chi connectivity index (χ4v) is 16.1. The Labute approximate surface area is 495 Å². The summed E-state index contributed by atoms with van der Waals surface area (Å²) in [6.07, 6.45) is 0. The molecule has 14 aromatic rings. The number of aromatic nitrogens is 1. The molecule has 1 spiro atoms. The lowest BCUT2D eigenvalue weighted by molar-refractivity contribution is 0.590. The van der Waals surface area contributed by atoms with Gasteiger partial charge in [-0.1, -0.05) is 169 Å². The number of thiophene rings is 1. The van der Waals surface area contributed by atoms with Crippen LogP contribution in [0.4, 0.5) is 34.1 Å². The maximum absolute atomic E-state index is 7.54. The summed E-state index contributed by atoms with van der Waals surface area (Å²) in [5.74, 6) is 0. The van der Waals surface area contributed by atoms with Crippen LogP contribution in [0.1, 0.15) is 97.2 Å². The number of anilines is 6. The molecule has 0 amide bonds. The molecule has 1 aliphatic heterocycles. The second kappa shape index (κ2) is 17.9. The third-order valence-corrected chi connectivity index (χ3v) is 19.5. The van der Waals surface area contributed by atoms with Gasteiger partial charge >= 0.3 is 0 Å². The Morgan fingerprint density at radius 1 is 0.417 bits per heavy atom. The highest BCUT2D eigenvalue weighted by Crippen LogP contribution is 2.67. The Morgan fingerprint density at radius 2 is 0.929 bits per heavy atom. The fraction of sp³-hybridized carbons (Fsp3) is 0.165. The van der Waals surface area contributed by atoms with E-state index in [2.05, 4.69) is 296 Å². The molecule has 3 aromatic heterocycles. The topological polar surface area (TPSA) is 24.6 Å². The molecular formula is C79H65N3OS. The number of para-hydroxylation sites is 4. The number of hydrogen-bond donors (Lipinski definition) is 0. The van der Waals surface area contributed by atoms with E-state index in [1.807, 2.05) is 11.3 Å². The number of furan rings is 1. The molecule has 5 heteroatoms. The van der Waals surface area contributed by atoms with Crippen LogP contribution >= 0.6 is 11.3 Å². The Balaban J connectivity index is 1.14. The van der Waals surface area contributed by atoms with Crippen molar-refractivity contribution in [1.29, 1.82) is 0 Å². The minimum Gasteiger partial charge on any atom is -0.454 e. The predicted octanol–water partition coefficient (Wildman–Crippen LogP) is 22.5. The first-order valence-corrected chi connectivity index (χ1v) is 30.5. The molecule has 408 valence electrons. The molecule has 0 radical (unpaired) electrons. The highest BCUT2D eigenvalue weighted by molar-refractivity contribution is 7.26. The average Bonchev–Trinajstić information content (AvgIpc) is 1.50. The monoisotopic (exact) mass is 1100 g/mol.